The number of carbonyl (C=O) groups excluding carboxylic acids is 5. The topological polar surface area (TPSA) is 122 Å². The van der Waals surface area contributed by atoms with Gasteiger partial charge in [0.15, 0.2) is 0 Å². The van der Waals surface area contributed by atoms with Gasteiger partial charge in [0.25, 0.3) is 0 Å². The molecule has 34 heavy (non-hydrogen) atoms. The highest BCUT2D eigenvalue weighted by Gasteiger charge is 2.65. The normalized spacial score (nSPS) is 28.0. The summed E-state index contributed by atoms with van der Waals surface area (Å²) in [6.45, 7) is 5.50. The van der Waals surface area contributed by atoms with Gasteiger partial charge < -0.3 is 24.5 Å². The largest absolute Gasteiger partial charge is 0.467 e. The van der Waals surface area contributed by atoms with Crippen LogP contribution in [-0.2, 0) is 34.1 Å². The van der Waals surface area contributed by atoms with Crippen molar-refractivity contribution in [3.05, 3.63) is 29.8 Å². The summed E-state index contributed by atoms with van der Waals surface area (Å²) in [7, 11) is 1.19. The van der Waals surface area contributed by atoms with Crippen LogP contribution in [0.4, 0.5) is 10.5 Å². The molecule has 3 heterocycles. The Morgan fingerprint density at radius 1 is 1.18 bits per heavy atom. The molecule has 10 nitrogen and oxygen atoms in total. The second kappa shape index (κ2) is 8.41. The summed E-state index contributed by atoms with van der Waals surface area (Å²) in [6.07, 6.45) is 0.709. The Kier molecular flexibility index (Phi) is 5.87. The van der Waals surface area contributed by atoms with Crippen molar-refractivity contribution in [3.63, 3.8) is 0 Å². The molecule has 3 aliphatic rings. The summed E-state index contributed by atoms with van der Waals surface area (Å²) in [4.78, 5) is 67.7. The minimum atomic E-state index is -1.43. The van der Waals surface area contributed by atoms with E-state index in [0.29, 0.717) is 36.9 Å². The molecule has 1 aromatic carbocycles. The zero-order chi connectivity index (χ0) is 24.8. The monoisotopic (exact) mass is 471 g/mol. The van der Waals surface area contributed by atoms with Gasteiger partial charge in [-0.05, 0) is 51.7 Å². The Morgan fingerprint density at radius 2 is 1.88 bits per heavy atom. The van der Waals surface area contributed by atoms with Crippen molar-refractivity contribution < 1.29 is 33.4 Å². The van der Waals surface area contributed by atoms with E-state index in [1.165, 1.54) is 12.0 Å². The van der Waals surface area contributed by atoms with Gasteiger partial charge in [-0.3, -0.25) is 14.5 Å². The van der Waals surface area contributed by atoms with Crippen LogP contribution >= 0.6 is 0 Å². The minimum absolute atomic E-state index is 0.100. The lowest BCUT2D eigenvalue weighted by Gasteiger charge is -2.35. The second-order valence-electron chi connectivity index (χ2n) is 9.87. The quantitative estimate of drug-likeness (QED) is 0.525. The number of nitrogens with one attached hydrogen (secondary N) is 1. The van der Waals surface area contributed by atoms with Gasteiger partial charge in [0.1, 0.15) is 35.4 Å². The first-order chi connectivity index (χ1) is 16.0. The molecular weight excluding hydrogens is 442 g/mol. The molecule has 2 saturated heterocycles. The molecule has 10 heteroatoms. The fourth-order valence-electron chi connectivity index (χ4n) is 5.33. The minimum Gasteiger partial charge on any atom is -0.467 e. The van der Waals surface area contributed by atoms with E-state index in [4.69, 9.17) is 9.47 Å². The highest BCUT2D eigenvalue weighted by Crippen LogP contribution is 2.50. The Hall–Kier alpha value is -3.43. The van der Waals surface area contributed by atoms with Gasteiger partial charge in [0.05, 0.1) is 7.11 Å². The second-order valence-corrected chi connectivity index (χ2v) is 9.87. The molecule has 0 unspecified atom stereocenters. The van der Waals surface area contributed by atoms with E-state index >= 15 is 0 Å². The number of rotatable bonds is 3. The van der Waals surface area contributed by atoms with E-state index < -0.39 is 53.0 Å². The van der Waals surface area contributed by atoms with Crippen molar-refractivity contribution in [2.75, 3.05) is 19.0 Å². The van der Waals surface area contributed by atoms with E-state index in [9.17, 15) is 24.0 Å². The molecule has 0 radical (unpaired) electrons. The van der Waals surface area contributed by atoms with Gasteiger partial charge >= 0.3 is 12.1 Å². The van der Waals surface area contributed by atoms with E-state index in [0.717, 1.165) is 4.90 Å². The highest BCUT2D eigenvalue weighted by atomic mass is 16.6. The maximum Gasteiger partial charge on any atom is 0.410 e. The number of hydrogen-bond donors (Lipinski definition) is 1. The first-order valence-corrected chi connectivity index (χ1v) is 11.3. The van der Waals surface area contributed by atoms with E-state index in [-0.39, 0.29) is 6.42 Å². The molecule has 3 amide bonds. The molecule has 0 aliphatic carbocycles. The van der Waals surface area contributed by atoms with Gasteiger partial charge in [0, 0.05) is 12.2 Å². The number of aldehydes is 1. The number of benzene rings is 1. The molecule has 1 aromatic rings. The number of anilines is 1. The van der Waals surface area contributed by atoms with Crippen molar-refractivity contribution in [2.45, 2.75) is 69.2 Å². The van der Waals surface area contributed by atoms with Crippen LogP contribution in [0, 0.1) is 0 Å². The fourth-order valence-corrected chi connectivity index (χ4v) is 5.33. The Labute approximate surface area is 197 Å². The number of fused-ring (bicyclic) bond motifs is 2. The number of likely N-dealkylation sites (tertiary alicyclic amines) is 2. The molecule has 182 valence electrons. The number of hydrogen-bond acceptors (Lipinski definition) is 7. The molecule has 0 saturated carbocycles. The highest BCUT2D eigenvalue weighted by molar-refractivity contribution is 6.11. The third-order valence-corrected chi connectivity index (χ3v) is 6.74. The Morgan fingerprint density at radius 3 is 2.53 bits per heavy atom. The molecule has 0 aromatic heterocycles. The Bertz CT molecular complexity index is 1050. The van der Waals surface area contributed by atoms with Crippen molar-refractivity contribution in [1.29, 1.82) is 0 Å². The predicted molar refractivity (Wildman–Crippen MR) is 120 cm³/mol. The van der Waals surface area contributed by atoms with Crippen LogP contribution in [0.1, 0.15) is 45.6 Å². The number of methoxy groups -OCH3 is 1. The molecule has 3 aliphatic heterocycles. The number of esters is 1. The van der Waals surface area contributed by atoms with Crippen molar-refractivity contribution >= 4 is 35.9 Å². The van der Waals surface area contributed by atoms with E-state index in [1.54, 1.807) is 45.0 Å². The molecule has 2 fully saturated rings. The molecule has 4 atom stereocenters. The van der Waals surface area contributed by atoms with Crippen LogP contribution in [0.25, 0.3) is 0 Å². The summed E-state index contributed by atoms with van der Waals surface area (Å²) in [5, 5.41) is 2.78. The maximum atomic E-state index is 13.9. The molecule has 1 N–H and O–H groups in total. The number of amides is 3. The van der Waals surface area contributed by atoms with Crippen molar-refractivity contribution in [2.24, 2.45) is 0 Å². The molecule has 1 spiro atoms. The number of nitrogens with zero attached hydrogens (tertiary/aromatic N) is 2. The number of para-hydroxylation sites is 1. The summed E-state index contributed by atoms with van der Waals surface area (Å²) in [5.74, 6) is -1.76. The predicted octanol–water partition coefficient (Wildman–Crippen LogP) is 1.62. The zero-order valence-corrected chi connectivity index (χ0v) is 19.7. The third kappa shape index (κ3) is 3.61. The van der Waals surface area contributed by atoms with Gasteiger partial charge in [-0.25, -0.2) is 9.59 Å². The number of ether oxygens (including phenoxy) is 2. The first kappa shape index (κ1) is 23.7. The lowest BCUT2D eigenvalue weighted by atomic mass is 9.74. The lowest BCUT2D eigenvalue weighted by Crippen LogP contribution is -2.57. The van der Waals surface area contributed by atoms with Crippen LogP contribution in [0.15, 0.2) is 24.3 Å². The standard InChI is InChI=1S/C24H29N3O7/c1-23(2,3)34-22(32)26-11-7-10-16(26)19(29)27-17(20(30)33-4)12-24(18(27)13-28)14-8-5-6-9-15(14)25-21(24)31/h5-6,8-9,13,16-18H,7,10-12H2,1-4H3,(H,25,31)/t16-,17+,18-,24-/m0/s1. The van der Waals surface area contributed by atoms with E-state index in [1.807, 2.05) is 0 Å². The zero-order valence-electron chi connectivity index (χ0n) is 19.7. The maximum absolute atomic E-state index is 13.9. The molecule has 0 bridgehead atoms. The van der Waals surface area contributed by atoms with Crippen LogP contribution < -0.4 is 5.32 Å². The Balaban J connectivity index is 1.74. The van der Waals surface area contributed by atoms with Gasteiger partial charge in [-0.15, -0.1) is 0 Å². The fraction of sp³-hybridized carbons (Fsp3) is 0.542. The van der Waals surface area contributed by atoms with Crippen LogP contribution in [0.2, 0.25) is 0 Å². The average Bonchev–Trinajstić information content (AvgIpc) is 3.47. The lowest BCUT2D eigenvalue weighted by molar-refractivity contribution is -0.154. The van der Waals surface area contributed by atoms with Gasteiger partial charge in [0.2, 0.25) is 11.8 Å². The molecule has 4 rings (SSSR count). The third-order valence-electron chi connectivity index (χ3n) is 6.74. The first-order valence-electron chi connectivity index (χ1n) is 11.3. The van der Waals surface area contributed by atoms with Gasteiger partial charge in [-0.1, -0.05) is 18.2 Å². The van der Waals surface area contributed by atoms with Gasteiger partial charge in [-0.2, -0.15) is 0 Å². The van der Waals surface area contributed by atoms with E-state index in [2.05, 4.69) is 5.32 Å². The molecular formula is C24H29N3O7. The van der Waals surface area contributed by atoms with Crippen LogP contribution in [0.5, 0.6) is 0 Å². The SMILES string of the molecule is COC(=O)[C@H]1C[C@@]2(C(=O)Nc3ccccc32)[C@H](C=O)N1C(=O)[C@@H]1CCCN1C(=O)OC(C)(C)C. The van der Waals surface area contributed by atoms with Crippen LogP contribution in [0.3, 0.4) is 0 Å². The summed E-state index contributed by atoms with van der Waals surface area (Å²) < 4.78 is 10.4. The number of carbonyl (C=O) groups is 5. The summed E-state index contributed by atoms with van der Waals surface area (Å²) in [6, 6.07) is 3.60. The van der Waals surface area contributed by atoms with Crippen molar-refractivity contribution in [3.8, 4) is 0 Å². The smallest absolute Gasteiger partial charge is 0.410 e. The summed E-state index contributed by atoms with van der Waals surface area (Å²) >= 11 is 0. The van der Waals surface area contributed by atoms with Crippen LogP contribution in [-0.4, -0.2) is 77.3 Å². The summed E-state index contributed by atoms with van der Waals surface area (Å²) in [5.41, 5.74) is -1.09. The van der Waals surface area contributed by atoms with Crippen molar-refractivity contribution in [1.82, 2.24) is 9.80 Å². The average molecular weight is 472 g/mol.